The predicted molar refractivity (Wildman–Crippen MR) is 159 cm³/mol. The van der Waals surface area contributed by atoms with Gasteiger partial charge in [-0.05, 0) is 111 Å². The summed E-state index contributed by atoms with van der Waals surface area (Å²) < 4.78 is 12.0. The van der Waals surface area contributed by atoms with E-state index in [2.05, 4.69) is 42.5 Å². The van der Waals surface area contributed by atoms with Gasteiger partial charge in [-0.25, -0.2) is 9.69 Å². The molecule has 40 heavy (non-hydrogen) atoms. The molecule has 206 valence electrons. The van der Waals surface area contributed by atoms with E-state index in [0.29, 0.717) is 43.3 Å². The molecule has 2 N–H and O–H groups in total. The lowest BCUT2D eigenvalue weighted by Crippen LogP contribution is -2.54. The average Bonchev–Trinajstić information content (AvgIpc) is 2.89. The third-order valence-corrected chi connectivity index (χ3v) is 7.23. The Bertz CT molecular complexity index is 1520. The predicted octanol–water partition coefficient (Wildman–Crippen LogP) is 6.26. The Morgan fingerprint density at radius 1 is 1.02 bits per heavy atom. The van der Waals surface area contributed by atoms with Gasteiger partial charge in [-0.1, -0.05) is 17.7 Å². The summed E-state index contributed by atoms with van der Waals surface area (Å²) >= 11 is 12.9. The van der Waals surface area contributed by atoms with Crippen LogP contribution in [0.5, 0.6) is 11.5 Å². The van der Waals surface area contributed by atoms with Crippen LogP contribution in [0.1, 0.15) is 18.1 Å². The summed E-state index contributed by atoms with van der Waals surface area (Å²) in [6.07, 6.45) is 1.36. The number of nitrogens with one attached hydrogen (secondary N) is 2. The number of benzene rings is 3. The highest BCUT2D eigenvalue weighted by atomic mass is 79.9. The fraction of sp³-hybridized carbons (Fsp3) is 0.143. The lowest BCUT2D eigenvalue weighted by molar-refractivity contribution is -0.122. The molecule has 0 saturated carbocycles. The highest BCUT2D eigenvalue weighted by Gasteiger charge is 2.36. The highest BCUT2D eigenvalue weighted by molar-refractivity contribution is 9.11. The molecule has 1 heterocycles. The van der Waals surface area contributed by atoms with Crippen LogP contribution in [0.15, 0.2) is 69.1 Å². The van der Waals surface area contributed by atoms with Crippen LogP contribution < -0.4 is 25.0 Å². The molecule has 1 aliphatic rings. The molecule has 1 saturated heterocycles. The molecule has 0 atom stereocenters. The average molecular weight is 692 g/mol. The van der Waals surface area contributed by atoms with Crippen molar-refractivity contribution in [3.8, 4) is 11.5 Å². The van der Waals surface area contributed by atoms with Crippen LogP contribution >= 0.6 is 43.5 Å². The number of urea groups is 1. The first kappa shape index (κ1) is 29.3. The SMILES string of the molecule is CCOc1ccc(N2C(=O)NC(=O)/C(=C\c3cc(Br)c(OCC(=O)Nc4ccc(C)c(Cl)c4)c(Br)c3)C2=O)cc1. The molecule has 12 heteroatoms. The maximum Gasteiger partial charge on any atom is 0.335 e. The largest absolute Gasteiger partial charge is 0.494 e. The van der Waals surface area contributed by atoms with Crippen LogP contribution in [-0.4, -0.2) is 37.0 Å². The van der Waals surface area contributed by atoms with Gasteiger partial charge in [0.05, 0.1) is 21.2 Å². The van der Waals surface area contributed by atoms with Gasteiger partial charge < -0.3 is 14.8 Å². The molecular weight excluding hydrogens is 670 g/mol. The van der Waals surface area contributed by atoms with Gasteiger partial charge >= 0.3 is 6.03 Å². The second-order valence-electron chi connectivity index (χ2n) is 8.50. The number of carbonyl (C=O) groups is 4. The van der Waals surface area contributed by atoms with Gasteiger partial charge in [-0.2, -0.15) is 0 Å². The Hall–Kier alpha value is -3.67. The summed E-state index contributed by atoms with van der Waals surface area (Å²) in [5.74, 6) is -1.08. The normalized spacial score (nSPS) is 14.3. The number of hydrogen-bond acceptors (Lipinski definition) is 6. The van der Waals surface area contributed by atoms with Crippen LogP contribution in [0.4, 0.5) is 16.2 Å². The first-order chi connectivity index (χ1) is 19.1. The van der Waals surface area contributed by atoms with Crippen molar-refractivity contribution in [3.63, 3.8) is 0 Å². The van der Waals surface area contributed by atoms with E-state index in [4.69, 9.17) is 21.1 Å². The Balaban J connectivity index is 1.50. The van der Waals surface area contributed by atoms with Crippen molar-refractivity contribution in [2.45, 2.75) is 13.8 Å². The number of carbonyl (C=O) groups excluding carboxylic acids is 4. The zero-order valence-electron chi connectivity index (χ0n) is 21.2. The molecule has 3 aromatic rings. The summed E-state index contributed by atoms with van der Waals surface area (Å²) in [4.78, 5) is 51.5. The minimum atomic E-state index is -0.853. The second-order valence-corrected chi connectivity index (χ2v) is 10.6. The lowest BCUT2D eigenvalue weighted by atomic mass is 10.1. The number of hydrogen-bond donors (Lipinski definition) is 2. The van der Waals surface area contributed by atoms with Crippen molar-refractivity contribution in [3.05, 3.63) is 85.3 Å². The van der Waals surface area contributed by atoms with Gasteiger partial charge in [0, 0.05) is 10.7 Å². The maximum absolute atomic E-state index is 13.2. The Morgan fingerprint density at radius 2 is 1.70 bits per heavy atom. The van der Waals surface area contributed by atoms with Crippen LogP contribution in [0.25, 0.3) is 6.08 Å². The van der Waals surface area contributed by atoms with Gasteiger partial charge in [-0.15, -0.1) is 0 Å². The Labute approximate surface area is 251 Å². The highest BCUT2D eigenvalue weighted by Crippen LogP contribution is 2.36. The van der Waals surface area contributed by atoms with Crippen LogP contribution in [0, 0.1) is 6.92 Å². The standard InChI is InChI=1S/C28H22Br2ClN3O6/c1-3-39-19-8-6-18(7-9-19)34-27(37)20(26(36)33-28(34)38)10-16-11-21(29)25(22(30)12-16)40-14-24(35)32-17-5-4-15(2)23(31)13-17/h4-13H,3,14H2,1-2H3,(H,32,35)(H,33,36,38)/b20-10+. The van der Waals surface area contributed by atoms with Crippen LogP contribution in [0.2, 0.25) is 5.02 Å². The van der Waals surface area contributed by atoms with Crippen molar-refractivity contribution in [2.75, 3.05) is 23.4 Å². The van der Waals surface area contributed by atoms with E-state index >= 15 is 0 Å². The maximum atomic E-state index is 13.2. The Morgan fingerprint density at radius 3 is 2.33 bits per heavy atom. The summed E-state index contributed by atoms with van der Waals surface area (Å²) in [7, 11) is 0. The monoisotopic (exact) mass is 689 g/mol. The minimum absolute atomic E-state index is 0.239. The number of imide groups is 2. The number of halogens is 3. The smallest absolute Gasteiger partial charge is 0.335 e. The van der Waals surface area contributed by atoms with E-state index in [1.165, 1.54) is 6.08 Å². The van der Waals surface area contributed by atoms with E-state index < -0.39 is 23.8 Å². The fourth-order valence-corrected chi connectivity index (χ4v) is 5.35. The van der Waals surface area contributed by atoms with E-state index in [0.717, 1.165) is 10.5 Å². The van der Waals surface area contributed by atoms with Crippen molar-refractivity contribution < 1.29 is 28.7 Å². The number of barbiturate groups is 1. The zero-order chi connectivity index (χ0) is 29.0. The quantitative estimate of drug-likeness (QED) is 0.213. The van der Waals surface area contributed by atoms with Gasteiger partial charge in [0.1, 0.15) is 17.1 Å². The van der Waals surface area contributed by atoms with Gasteiger partial charge in [0.2, 0.25) is 0 Å². The molecule has 1 aliphatic heterocycles. The molecule has 1 fully saturated rings. The number of ether oxygens (including phenoxy) is 2. The molecule has 0 spiro atoms. The van der Waals surface area contributed by atoms with Crippen molar-refractivity contribution in [2.24, 2.45) is 0 Å². The number of amides is 5. The van der Waals surface area contributed by atoms with Gasteiger partial charge in [0.25, 0.3) is 17.7 Å². The van der Waals surface area contributed by atoms with E-state index in [1.54, 1.807) is 54.6 Å². The molecule has 0 unspecified atom stereocenters. The second kappa shape index (κ2) is 12.7. The van der Waals surface area contributed by atoms with Crippen LogP contribution in [0.3, 0.4) is 0 Å². The van der Waals surface area contributed by atoms with E-state index in [-0.39, 0.29) is 17.9 Å². The van der Waals surface area contributed by atoms with Crippen molar-refractivity contribution in [1.82, 2.24) is 5.32 Å². The first-order valence-electron chi connectivity index (χ1n) is 11.9. The van der Waals surface area contributed by atoms with Gasteiger partial charge in [-0.3, -0.25) is 19.7 Å². The molecule has 4 rings (SSSR count). The zero-order valence-corrected chi connectivity index (χ0v) is 25.1. The fourth-order valence-electron chi connectivity index (χ4n) is 3.72. The molecule has 0 bridgehead atoms. The summed E-state index contributed by atoms with van der Waals surface area (Å²) in [6.45, 7) is 3.88. The first-order valence-corrected chi connectivity index (χ1v) is 13.9. The van der Waals surface area contributed by atoms with E-state index in [1.807, 2.05) is 13.8 Å². The molecular formula is C28H22Br2ClN3O6. The summed E-state index contributed by atoms with van der Waals surface area (Å²) in [5, 5.41) is 5.44. The van der Waals surface area contributed by atoms with Crippen molar-refractivity contribution >= 4 is 84.7 Å². The topological polar surface area (TPSA) is 114 Å². The molecule has 3 aromatic carbocycles. The third-order valence-electron chi connectivity index (χ3n) is 5.64. The molecule has 0 aromatic heterocycles. The molecule has 0 radical (unpaired) electrons. The minimum Gasteiger partial charge on any atom is -0.494 e. The van der Waals surface area contributed by atoms with Crippen molar-refractivity contribution in [1.29, 1.82) is 0 Å². The number of anilines is 2. The summed E-state index contributed by atoms with van der Waals surface area (Å²) in [5.41, 5.74) is 1.93. The van der Waals surface area contributed by atoms with Gasteiger partial charge in [0.15, 0.2) is 6.61 Å². The third kappa shape index (κ3) is 6.72. The molecule has 5 amide bonds. The number of nitrogens with zero attached hydrogens (tertiary/aromatic N) is 1. The summed E-state index contributed by atoms with van der Waals surface area (Å²) in [6, 6.07) is 13.9. The van der Waals surface area contributed by atoms with E-state index in [9.17, 15) is 19.2 Å². The Kier molecular flexibility index (Phi) is 9.28. The molecule has 0 aliphatic carbocycles. The number of rotatable bonds is 8. The van der Waals surface area contributed by atoms with Crippen LogP contribution in [-0.2, 0) is 14.4 Å². The molecule has 9 nitrogen and oxygen atoms in total. The number of aryl methyl sites for hydroxylation is 1. The lowest BCUT2D eigenvalue weighted by Gasteiger charge is -2.26.